The second-order valence-electron chi connectivity index (χ2n) is 7.24. The minimum Gasteiger partial charge on any atom is -0.437 e. The smallest absolute Gasteiger partial charge is 0.219 e. The number of rotatable bonds is 10. The molecule has 32 heavy (non-hydrogen) atoms. The number of hydrogen-bond acceptors (Lipinski definition) is 9. The van der Waals surface area contributed by atoms with Gasteiger partial charge in [-0.05, 0) is 30.3 Å². The number of nitrogen functional groups attached to an aromatic ring is 1. The number of aliphatic hydroxyl groups is 5. The van der Waals surface area contributed by atoms with Gasteiger partial charge in [0, 0.05) is 29.7 Å². The van der Waals surface area contributed by atoms with Gasteiger partial charge in [-0.2, -0.15) is 0 Å². The second kappa shape index (κ2) is 10.9. The van der Waals surface area contributed by atoms with E-state index in [2.05, 4.69) is 4.98 Å². The zero-order valence-corrected chi connectivity index (χ0v) is 17.3. The van der Waals surface area contributed by atoms with Crippen molar-refractivity contribution in [3.8, 4) is 11.6 Å². The summed E-state index contributed by atoms with van der Waals surface area (Å²) in [6.07, 6.45) is -4.86. The highest BCUT2D eigenvalue weighted by Gasteiger charge is 2.31. The maximum absolute atomic E-state index is 10.6. The zero-order valence-electron chi connectivity index (χ0n) is 17.3. The van der Waals surface area contributed by atoms with Crippen molar-refractivity contribution in [2.24, 2.45) is 0 Å². The Morgan fingerprint density at radius 2 is 1.53 bits per heavy atom. The molecule has 0 aliphatic carbocycles. The summed E-state index contributed by atoms with van der Waals surface area (Å²) in [7, 11) is 0. The van der Waals surface area contributed by atoms with E-state index < -0.39 is 31.0 Å². The highest BCUT2D eigenvalue weighted by molar-refractivity contribution is 5.69. The Labute approximate surface area is 185 Å². The molecule has 1 aromatic heterocycles. The van der Waals surface area contributed by atoms with Crippen LogP contribution in [0.25, 0.3) is 0 Å². The number of nitrogens with two attached hydrogens (primary N) is 1. The summed E-state index contributed by atoms with van der Waals surface area (Å²) in [5.41, 5.74) is 7.75. The topological polar surface area (TPSA) is 153 Å². The Balaban J connectivity index is 1.90. The van der Waals surface area contributed by atoms with Crippen molar-refractivity contribution in [2.45, 2.75) is 24.4 Å². The van der Waals surface area contributed by atoms with Gasteiger partial charge in [-0.15, -0.1) is 0 Å². The molecule has 0 aliphatic heterocycles. The molecule has 4 unspecified atom stereocenters. The van der Waals surface area contributed by atoms with E-state index in [1.165, 1.54) is 0 Å². The lowest BCUT2D eigenvalue weighted by atomic mass is 10.0. The maximum atomic E-state index is 10.6. The van der Waals surface area contributed by atoms with Crippen molar-refractivity contribution in [2.75, 3.05) is 23.8 Å². The molecule has 0 amide bonds. The third-order valence-corrected chi connectivity index (χ3v) is 4.92. The molecule has 0 bridgehead atoms. The second-order valence-corrected chi connectivity index (χ2v) is 7.24. The number of para-hydroxylation sites is 1. The van der Waals surface area contributed by atoms with E-state index in [9.17, 15) is 20.4 Å². The molecular weight excluding hydrogens is 414 g/mol. The van der Waals surface area contributed by atoms with Crippen molar-refractivity contribution in [3.05, 3.63) is 72.9 Å². The predicted octanol–water partition coefficient (Wildman–Crippen LogP) is 1.03. The number of nitrogens with zero attached hydrogens (tertiary/aromatic N) is 2. The largest absolute Gasteiger partial charge is 0.437 e. The van der Waals surface area contributed by atoms with Gasteiger partial charge in [-0.3, -0.25) is 0 Å². The van der Waals surface area contributed by atoms with Crippen molar-refractivity contribution in [3.63, 3.8) is 0 Å². The minimum atomic E-state index is -1.72. The fourth-order valence-electron chi connectivity index (χ4n) is 3.13. The molecule has 4 atom stereocenters. The molecule has 170 valence electrons. The number of aromatic nitrogens is 1. The average Bonchev–Trinajstić information content (AvgIpc) is 2.83. The third-order valence-electron chi connectivity index (χ3n) is 4.92. The van der Waals surface area contributed by atoms with Crippen LogP contribution in [-0.2, 0) is 0 Å². The van der Waals surface area contributed by atoms with Crippen LogP contribution in [0.4, 0.5) is 17.1 Å². The molecule has 0 aliphatic rings. The van der Waals surface area contributed by atoms with Gasteiger partial charge in [0.15, 0.2) is 5.75 Å². The van der Waals surface area contributed by atoms with Crippen molar-refractivity contribution in [1.82, 2.24) is 4.98 Å². The van der Waals surface area contributed by atoms with Crippen LogP contribution in [0.5, 0.6) is 11.6 Å². The molecule has 0 radical (unpaired) electrons. The fourth-order valence-corrected chi connectivity index (χ4v) is 3.13. The van der Waals surface area contributed by atoms with Gasteiger partial charge in [0.25, 0.3) is 0 Å². The highest BCUT2D eigenvalue weighted by Crippen LogP contribution is 2.34. The molecule has 3 aromatic rings. The van der Waals surface area contributed by atoms with E-state index in [1.807, 2.05) is 30.3 Å². The summed E-state index contributed by atoms with van der Waals surface area (Å²) in [6.45, 7) is -0.882. The van der Waals surface area contributed by atoms with Crippen LogP contribution in [0.1, 0.15) is 0 Å². The number of pyridine rings is 1. The molecule has 3 rings (SSSR count). The van der Waals surface area contributed by atoms with Crippen LogP contribution in [0, 0.1) is 0 Å². The fraction of sp³-hybridized carbons (Fsp3) is 0.261. The van der Waals surface area contributed by atoms with Gasteiger partial charge in [0.05, 0.1) is 18.8 Å². The Hall–Kier alpha value is -3.21. The summed E-state index contributed by atoms with van der Waals surface area (Å²) in [6, 6.07) is 19.4. The van der Waals surface area contributed by atoms with Gasteiger partial charge in [0.2, 0.25) is 5.88 Å². The van der Waals surface area contributed by atoms with E-state index in [0.29, 0.717) is 28.7 Å². The van der Waals surface area contributed by atoms with Gasteiger partial charge in [-0.1, -0.05) is 24.3 Å². The first-order valence-electron chi connectivity index (χ1n) is 10.0. The van der Waals surface area contributed by atoms with Crippen LogP contribution < -0.4 is 15.4 Å². The monoisotopic (exact) mass is 441 g/mol. The molecule has 7 N–H and O–H groups in total. The summed E-state index contributed by atoms with van der Waals surface area (Å²) in [4.78, 5) is 5.83. The standard InChI is InChI=1S/C23H27N3O6/c24-17-10-9-16(12-20(17)32-21-8-4-5-11-25-21)26(15-6-2-1-3-7-15)13-18(28)22(30)23(31)19(29)14-27/h1-12,18-19,22-23,27-31H,13-14,24H2. The third kappa shape index (κ3) is 5.72. The minimum absolute atomic E-state index is 0.132. The zero-order chi connectivity index (χ0) is 23.1. The molecule has 1 heterocycles. The van der Waals surface area contributed by atoms with Crippen molar-refractivity contribution < 1.29 is 30.3 Å². The quantitative estimate of drug-likeness (QED) is 0.253. The van der Waals surface area contributed by atoms with E-state index in [4.69, 9.17) is 15.6 Å². The SMILES string of the molecule is Nc1ccc(N(CC(O)C(O)C(O)C(O)CO)c2ccccc2)cc1Oc1ccccn1. The van der Waals surface area contributed by atoms with Gasteiger partial charge >= 0.3 is 0 Å². The summed E-state index contributed by atoms with van der Waals surface area (Å²) < 4.78 is 5.80. The van der Waals surface area contributed by atoms with Crippen LogP contribution in [0.15, 0.2) is 72.9 Å². The first-order chi connectivity index (χ1) is 15.4. The predicted molar refractivity (Wildman–Crippen MR) is 120 cm³/mol. The number of anilines is 3. The first-order valence-corrected chi connectivity index (χ1v) is 10.0. The maximum Gasteiger partial charge on any atom is 0.219 e. The normalized spacial score (nSPS) is 14.9. The lowest BCUT2D eigenvalue weighted by Gasteiger charge is -2.32. The lowest BCUT2D eigenvalue weighted by molar-refractivity contribution is -0.112. The molecule has 0 saturated heterocycles. The van der Waals surface area contributed by atoms with Gasteiger partial charge in [0.1, 0.15) is 24.4 Å². The Morgan fingerprint density at radius 1 is 0.844 bits per heavy atom. The van der Waals surface area contributed by atoms with Crippen molar-refractivity contribution in [1.29, 1.82) is 0 Å². The number of benzene rings is 2. The molecule has 0 saturated carbocycles. The van der Waals surface area contributed by atoms with Crippen LogP contribution in [-0.4, -0.2) is 68.1 Å². The number of ether oxygens (including phenoxy) is 1. The summed E-state index contributed by atoms with van der Waals surface area (Å²) in [5.74, 6) is 0.715. The van der Waals surface area contributed by atoms with Crippen LogP contribution in [0.2, 0.25) is 0 Å². The molecule has 9 heteroatoms. The number of aliphatic hydroxyl groups excluding tert-OH is 5. The summed E-state index contributed by atoms with van der Waals surface area (Å²) >= 11 is 0. The van der Waals surface area contributed by atoms with Crippen LogP contribution in [0.3, 0.4) is 0 Å². The first kappa shape index (κ1) is 23.5. The molecule has 2 aromatic carbocycles. The number of hydrogen-bond donors (Lipinski definition) is 6. The molecular formula is C23H27N3O6. The van der Waals surface area contributed by atoms with Gasteiger partial charge < -0.3 is 40.9 Å². The Morgan fingerprint density at radius 3 is 2.19 bits per heavy atom. The lowest BCUT2D eigenvalue weighted by Crippen LogP contribution is -2.49. The molecule has 0 spiro atoms. The van der Waals surface area contributed by atoms with E-state index in [0.717, 1.165) is 0 Å². The molecule has 9 nitrogen and oxygen atoms in total. The van der Waals surface area contributed by atoms with E-state index in [1.54, 1.807) is 47.5 Å². The van der Waals surface area contributed by atoms with E-state index in [-0.39, 0.29) is 6.54 Å². The Bertz CT molecular complexity index is 976. The van der Waals surface area contributed by atoms with Crippen LogP contribution >= 0.6 is 0 Å². The van der Waals surface area contributed by atoms with Crippen molar-refractivity contribution >= 4 is 17.1 Å². The highest BCUT2D eigenvalue weighted by atomic mass is 16.5. The Kier molecular flexibility index (Phi) is 7.98. The summed E-state index contributed by atoms with van der Waals surface area (Å²) in [5, 5.41) is 49.4. The van der Waals surface area contributed by atoms with E-state index >= 15 is 0 Å². The van der Waals surface area contributed by atoms with Gasteiger partial charge in [-0.25, -0.2) is 4.98 Å². The average molecular weight is 441 g/mol. The molecule has 0 fully saturated rings.